The van der Waals surface area contributed by atoms with Crippen LogP contribution in [0.15, 0.2) is 116 Å². The fraction of sp³-hybridized carbons (Fsp3) is 0.352. The Hall–Kier alpha value is -5.41. The summed E-state index contributed by atoms with van der Waals surface area (Å²) >= 11 is 0. The van der Waals surface area contributed by atoms with Gasteiger partial charge in [0.2, 0.25) is 0 Å². The Bertz CT molecular complexity index is 2770. The first-order valence-electron chi connectivity index (χ1n) is 23.0. The van der Waals surface area contributed by atoms with E-state index in [9.17, 15) is 25.5 Å². The van der Waals surface area contributed by atoms with Crippen molar-refractivity contribution in [2.45, 2.75) is 79.8 Å². The second kappa shape index (κ2) is 19.7. The Morgan fingerprint density at radius 3 is 2.58 bits per heavy atom. The molecule has 6 aromatic rings. The normalized spacial score (nSPS) is 23.7. The van der Waals surface area contributed by atoms with Gasteiger partial charge in [-0.1, -0.05) is 94.4 Å². The number of hydrogen-bond acceptors (Lipinski definition) is 12. The van der Waals surface area contributed by atoms with Crippen molar-refractivity contribution in [3.05, 3.63) is 160 Å². The predicted molar refractivity (Wildman–Crippen MR) is 266 cm³/mol. The van der Waals surface area contributed by atoms with Gasteiger partial charge in [-0.2, -0.15) is 0 Å². The highest BCUT2D eigenvalue weighted by Crippen LogP contribution is 2.56. The third-order valence-corrected chi connectivity index (χ3v) is 17.0. The Morgan fingerprint density at radius 2 is 1.78 bits per heavy atom. The standard InChI is InChI=1S/C54H59N3O8S2/c1-53(63)29-57-31-65-52-45(60)15-11-35-26-54(19-17-47(49(35)52)67-66-30-53,36-21-33(27-55-2)22-37(58)24-36)48(62)25-46(61)43(23-32-18-20-56-28-32)40-12-13-41(50-42(40)14-16-44(59)51(50)64-3)39-10-6-8-34-7-4-5-9-38(34)39/h4-16,18,20-22,24,28,40-41,43,46-47,55-61,63H,17,19,23,25-27,29-31H2,1-3H3/t40-,41-,43+,46+,47+,53+,54-/m0/s1. The van der Waals surface area contributed by atoms with Gasteiger partial charge < -0.3 is 45.3 Å². The average molecular weight is 942 g/mol. The van der Waals surface area contributed by atoms with Crippen molar-refractivity contribution >= 4 is 38.1 Å². The predicted octanol–water partition coefficient (Wildman–Crippen LogP) is 9.06. The van der Waals surface area contributed by atoms with Crippen molar-refractivity contribution in [2.75, 3.05) is 33.2 Å². The Kier molecular flexibility index (Phi) is 13.7. The number of aromatic nitrogens is 1. The molecular formula is C54H59N3O8S2. The van der Waals surface area contributed by atoms with Crippen LogP contribution >= 0.6 is 21.6 Å². The lowest BCUT2D eigenvalue weighted by Gasteiger charge is -2.38. The number of aliphatic hydroxyl groups excluding tert-OH is 1. The number of H-pyrrole nitrogens is 1. The minimum Gasteiger partial charge on any atom is -0.508 e. The Morgan fingerprint density at radius 1 is 0.955 bits per heavy atom. The van der Waals surface area contributed by atoms with E-state index in [1.807, 2.05) is 61.9 Å². The molecule has 8 N–H and O–H groups in total. The monoisotopic (exact) mass is 941 g/mol. The maximum Gasteiger partial charge on any atom is 0.167 e. The second-order valence-electron chi connectivity index (χ2n) is 18.6. The fourth-order valence-corrected chi connectivity index (χ4v) is 14.0. The number of hydrogen-bond donors (Lipinski definition) is 8. The summed E-state index contributed by atoms with van der Waals surface area (Å²) in [5, 5.41) is 66.3. The maximum atomic E-state index is 15.9. The van der Waals surface area contributed by atoms with Crippen LogP contribution in [0.25, 0.3) is 10.8 Å². The molecule has 0 radical (unpaired) electrons. The van der Waals surface area contributed by atoms with Crippen LogP contribution < -0.4 is 20.1 Å². The summed E-state index contributed by atoms with van der Waals surface area (Å²) in [7, 11) is 6.55. The van der Waals surface area contributed by atoms with Crippen molar-refractivity contribution in [1.82, 2.24) is 15.6 Å². The number of aromatic hydroxyl groups is 3. The third-order valence-electron chi connectivity index (χ3n) is 14.0. The van der Waals surface area contributed by atoms with Gasteiger partial charge in [0.05, 0.1) is 24.2 Å². The quantitative estimate of drug-likeness (QED) is 0.0432. The summed E-state index contributed by atoms with van der Waals surface area (Å²) in [6.07, 6.45) is 8.30. The number of nitrogens with one attached hydrogen (secondary N) is 3. The number of carbonyl (C=O) groups excluding carboxylic acids is 1. The minimum atomic E-state index is -1.21. The van der Waals surface area contributed by atoms with E-state index in [1.54, 1.807) is 59.9 Å². The molecule has 67 heavy (non-hydrogen) atoms. The summed E-state index contributed by atoms with van der Waals surface area (Å²) in [5.74, 6) is -0.107. The number of allylic oxidation sites excluding steroid dienone is 2. The van der Waals surface area contributed by atoms with Gasteiger partial charge in [-0.05, 0) is 120 Å². The van der Waals surface area contributed by atoms with Crippen LogP contribution in [0.3, 0.4) is 0 Å². The molecule has 0 saturated heterocycles. The minimum absolute atomic E-state index is 0.00822. The van der Waals surface area contributed by atoms with Crippen LogP contribution in [0.5, 0.6) is 28.7 Å². The molecule has 7 atom stereocenters. The average Bonchev–Trinajstić information content (AvgIpc) is 3.76. The fourth-order valence-electron chi connectivity index (χ4n) is 10.8. The zero-order chi connectivity index (χ0) is 46.9. The number of ketones is 1. The molecule has 0 saturated carbocycles. The summed E-state index contributed by atoms with van der Waals surface area (Å²) in [4.78, 5) is 19.1. The highest BCUT2D eigenvalue weighted by atomic mass is 33.1. The number of aromatic amines is 1. The number of carbonyl (C=O) groups is 1. The number of methoxy groups -OCH3 is 1. The van der Waals surface area contributed by atoms with Crippen LogP contribution in [0.1, 0.15) is 87.8 Å². The number of ether oxygens (including phenoxy) is 2. The SMILES string of the molecule is CNCc1cc(O)cc([C@]2(C(=O)C[C@@H](O)[C@H](Cc3cc[nH]c3)[C@H]3C=C[C@@H](c4cccc5ccccc45)c4c3ccc(O)c4OC)CC[C@H]3SSC[C@](C)(O)CNCOc4c(O)ccc(c43)C2)c1. The molecule has 1 aliphatic heterocycles. The van der Waals surface area contributed by atoms with E-state index in [0.29, 0.717) is 55.2 Å². The van der Waals surface area contributed by atoms with Crippen LogP contribution in [0.4, 0.5) is 0 Å². The number of fused-ring (bicyclic) bond motifs is 2. The summed E-state index contributed by atoms with van der Waals surface area (Å²) < 4.78 is 12.3. The van der Waals surface area contributed by atoms with Gasteiger partial charge in [0.1, 0.15) is 18.3 Å². The van der Waals surface area contributed by atoms with Gasteiger partial charge in [-0.25, -0.2) is 0 Å². The Labute approximate surface area is 399 Å². The van der Waals surface area contributed by atoms with E-state index in [-0.39, 0.29) is 59.7 Å². The van der Waals surface area contributed by atoms with E-state index < -0.39 is 23.0 Å². The number of β-amino-alcohol motifs (C(OH)–C–C–N with tert-alkyl or cyclic N) is 1. The van der Waals surface area contributed by atoms with E-state index >= 15 is 4.79 Å². The summed E-state index contributed by atoms with van der Waals surface area (Å²) in [5.41, 5.74) is 4.63. The molecule has 2 heterocycles. The van der Waals surface area contributed by atoms with Crippen molar-refractivity contribution < 1.29 is 39.8 Å². The summed E-state index contributed by atoms with van der Waals surface area (Å²) in [6, 6.07) is 28.9. The maximum absolute atomic E-state index is 15.9. The number of phenolic OH excluding ortho intramolecular Hbond substituents is 3. The molecule has 0 amide bonds. The molecule has 5 aromatic carbocycles. The molecule has 11 nitrogen and oxygen atoms in total. The lowest BCUT2D eigenvalue weighted by Crippen LogP contribution is -2.42. The highest BCUT2D eigenvalue weighted by Gasteiger charge is 2.47. The topological polar surface area (TPSA) is 177 Å². The largest absolute Gasteiger partial charge is 0.508 e. The zero-order valence-corrected chi connectivity index (χ0v) is 39.6. The highest BCUT2D eigenvalue weighted by molar-refractivity contribution is 8.76. The molecule has 350 valence electrons. The molecular weight excluding hydrogens is 883 g/mol. The lowest BCUT2D eigenvalue weighted by atomic mass is 9.66. The van der Waals surface area contributed by atoms with Crippen molar-refractivity contribution in [1.29, 1.82) is 0 Å². The van der Waals surface area contributed by atoms with Gasteiger partial charge in [0, 0.05) is 65.9 Å². The Balaban J connectivity index is 1.14. The molecule has 1 aromatic heterocycles. The molecule has 9 rings (SSSR count). The first-order valence-corrected chi connectivity index (χ1v) is 25.3. The second-order valence-corrected chi connectivity index (χ2v) is 21.2. The molecule has 0 fully saturated rings. The van der Waals surface area contributed by atoms with Crippen LogP contribution in [-0.4, -0.2) is 81.2 Å². The van der Waals surface area contributed by atoms with Gasteiger partial charge in [0.15, 0.2) is 23.0 Å². The van der Waals surface area contributed by atoms with Crippen molar-refractivity contribution in [3.8, 4) is 28.7 Å². The molecule has 3 aliphatic rings. The summed E-state index contributed by atoms with van der Waals surface area (Å²) in [6.45, 7) is 2.61. The van der Waals surface area contributed by atoms with Crippen molar-refractivity contribution in [3.63, 3.8) is 0 Å². The third kappa shape index (κ3) is 9.42. The lowest BCUT2D eigenvalue weighted by molar-refractivity contribution is -0.127. The molecule has 0 spiro atoms. The first kappa shape index (κ1) is 46.7. The number of benzene rings is 5. The number of rotatable bonds is 12. The van der Waals surface area contributed by atoms with E-state index in [1.165, 1.54) is 0 Å². The van der Waals surface area contributed by atoms with Crippen LogP contribution in [0, 0.1) is 5.92 Å². The van der Waals surface area contributed by atoms with Crippen molar-refractivity contribution in [2.24, 2.45) is 5.92 Å². The molecule has 13 heteroatoms. The van der Waals surface area contributed by atoms with E-state index in [0.717, 1.165) is 49.7 Å². The first-order chi connectivity index (χ1) is 32.4. The van der Waals surface area contributed by atoms with Gasteiger partial charge in [-0.3, -0.25) is 10.1 Å². The van der Waals surface area contributed by atoms with E-state index in [2.05, 4.69) is 52.0 Å². The van der Waals surface area contributed by atoms with E-state index in [4.69, 9.17) is 9.47 Å². The molecule has 0 unspecified atom stereocenters. The van der Waals surface area contributed by atoms with Gasteiger partial charge >= 0.3 is 0 Å². The number of Topliss-reactive ketones (excluding diaryl/α,β-unsaturated/α-hetero) is 1. The molecule has 0 bridgehead atoms. The number of aliphatic hydroxyl groups is 2. The van der Waals surface area contributed by atoms with Crippen LogP contribution in [-0.2, 0) is 29.6 Å². The van der Waals surface area contributed by atoms with Crippen LogP contribution in [0.2, 0.25) is 0 Å². The molecule has 2 aliphatic carbocycles. The van der Waals surface area contributed by atoms with Gasteiger partial charge in [0.25, 0.3) is 0 Å². The smallest absolute Gasteiger partial charge is 0.167 e. The zero-order valence-electron chi connectivity index (χ0n) is 38.0. The van der Waals surface area contributed by atoms with Gasteiger partial charge in [-0.15, -0.1) is 0 Å². The number of phenols is 3.